The Kier molecular flexibility index (Phi) is 4.26. The van der Waals surface area contributed by atoms with Crippen LogP contribution in [0.3, 0.4) is 0 Å². The molecule has 0 N–H and O–H groups in total. The lowest BCUT2D eigenvalue weighted by atomic mass is 9.88. The van der Waals surface area contributed by atoms with E-state index in [-0.39, 0.29) is 0 Å². The van der Waals surface area contributed by atoms with Gasteiger partial charge in [-0.3, -0.25) is 0 Å². The molecule has 0 aromatic heterocycles. The van der Waals surface area contributed by atoms with Crippen LogP contribution in [0.4, 0.5) is 0 Å². The lowest BCUT2D eigenvalue weighted by Crippen LogP contribution is -2.06. The lowest BCUT2D eigenvalue weighted by Gasteiger charge is -2.17. The third-order valence-corrected chi connectivity index (χ3v) is 4.47. The molecule has 2 rings (SSSR count). The molecule has 1 fully saturated rings. The molecule has 3 atom stereocenters. The van der Waals surface area contributed by atoms with Crippen LogP contribution < -0.4 is 0 Å². The van der Waals surface area contributed by atoms with Crippen LogP contribution in [0.5, 0.6) is 0 Å². The van der Waals surface area contributed by atoms with Crippen molar-refractivity contribution in [3.63, 3.8) is 0 Å². The van der Waals surface area contributed by atoms with Gasteiger partial charge in [-0.15, -0.1) is 0 Å². The fraction of sp³-hybridized carbons (Fsp3) is 0.750. The van der Waals surface area contributed by atoms with Crippen molar-refractivity contribution in [2.24, 2.45) is 17.8 Å². The summed E-state index contributed by atoms with van der Waals surface area (Å²) in [7, 11) is 0. The van der Waals surface area contributed by atoms with E-state index < -0.39 is 0 Å². The number of fused-ring (bicyclic) bond motifs is 1. The maximum absolute atomic E-state index is 2.45. The normalized spacial score (nSPS) is 36.4. The van der Waals surface area contributed by atoms with Crippen molar-refractivity contribution in [1.29, 1.82) is 0 Å². The minimum atomic E-state index is 0.824. The Morgan fingerprint density at radius 3 is 2.75 bits per heavy atom. The molecule has 0 aliphatic heterocycles. The smallest absolute Gasteiger partial charge is 0.0171 e. The Morgan fingerprint density at radius 2 is 1.88 bits per heavy atom. The molecule has 90 valence electrons. The van der Waals surface area contributed by atoms with E-state index in [1.807, 2.05) is 0 Å². The third-order valence-electron chi connectivity index (χ3n) is 4.47. The van der Waals surface area contributed by atoms with E-state index in [1.165, 1.54) is 44.9 Å². The second-order valence-corrected chi connectivity index (χ2v) is 5.81. The fourth-order valence-corrected chi connectivity index (χ4v) is 3.55. The first kappa shape index (κ1) is 12.0. The summed E-state index contributed by atoms with van der Waals surface area (Å²) in [6.07, 6.45) is 16.9. The van der Waals surface area contributed by atoms with Crippen molar-refractivity contribution < 1.29 is 0 Å². The minimum Gasteiger partial charge on any atom is -0.0845 e. The van der Waals surface area contributed by atoms with Crippen molar-refractivity contribution in [1.82, 2.24) is 0 Å². The van der Waals surface area contributed by atoms with E-state index in [0.717, 1.165) is 17.8 Å². The molecular weight excluding hydrogens is 192 g/mol. The fourth-order valence-electron chi connectivity index (χ4n) is 3.55. The molecule has 3 unspecified atom stereocenters. The molecular formula is C16H26. The Bertz CT molecular complexity index is 272. The van der Waals surface area contributed by atoms with Gasteiger partial charge in [-0.25, -0.2) is 0 Å². The first-order valence-corrected chi connectivity index (χ1v) is 7.15. The van der Waals surface area contributed by atoms with Crippen LogP contribution in [0.15, 0.2) is 23.8 Å². The zero-order chi connectivity index (χ0) is 11.4. The van der Waals surface area contributed by atoms with Gasteiger partial charge in [-0.1, -0.05) is 56.9 Å². The third kappa shape index (κ3) is 2.78. The van der Waals surface area contributed by atoms with Crippen LogP contribution in [0.1, 0.15) is 58.8 Å². The van der Waals surface area contributed by atoms with Crippen LogP contribution in [-0.2, 0) is 0 Å². The molecule has 0 bridgehead atoms. The first-order valence-electron chi connectivity index (χ1n) is 7.15. The van der Waals surface area contributed by atoms with Crippen LogP contribution in [0, 0.1) is 17.8 Å². The molecule has 0 saturated heterocycles. The molecule has 0 amide bonds. The summed E-state index contributed by atoms with van der Waals surface area (Å²) < 4.78 is 0. The van der Waals surface area contributed by atoms with Gasteiger partial charge in [0.15, 0.2) is 0 Å². The average molecular weight is 218 g/mol. The maximum atomic E-state index is 2.45. The van der Waals surface area contributed by atoms with Gasteiger partial charge in [-0.2, -0.15) is 0 Å². The quantitative estimate of drug-likeness (QED) is 0.529. The molecule has 0 heterocycles. The van der Waals surface area contributed by atoms with Crippen molar-refractivity contribution >= 4 is 0 Å². The second-order valence-electron chi connectivity index (χ2n) is 5.81. The SMILES string of the molecule is CC1CC(C)C2CCCCCCC=CC=C12. The molecule has 2 aliphatic rings. The van der Waals surface area contributed by atoms with Crippen molar-refractivity contribution in [2.45, 2.75) is 58.8 Å². The van der Waals surface area contributed by atoms with E-state index >= 15 is 0 Å². The predicted octanol–water partition coefficient (Wildman–Crippen LogP) is 5.12. The topological polar surface area (TPSA) is 0 Å². The largest absolute Gasteiger partial charge is 0.0845 e. The van der Waals surface area contributed by atoms with Gasteiger partial charge in [0, 0.05) is 0 Å². The highest BCUT2D eigenvalue weighted by Gasteiger charge is 2.32. The van der Waals surface area contributed by atoms with Crippen molar-refractivity contribution in [3.8, 4) is 0 Å². The van der Waals surface area contributed by atoms with Crippen molar-refractivity contribution in [3.05, 3.63) is 23.8 Å². The van der Waals surface area contributed by atoms with E-state index in [9.17, 15) is 0 Å². The Balaban J connectivity index is 2.11. The molecule has 0 aromatic carbocycles. The number of hydrogen-bond donors (Lipinski definition) is 0. The number of allylic oxidation sites excluding steroid dienone is 4. The van der Waals surface area contributed by atoms with Gasteiger partial charge in [-0.05, 0) is 43.4 Å². The van der Waals surface area contributed by atoms with Crippen LogP contribution in [0.25, 0.3) is 0 Å². The molecule has 0 spiro atoms. The summed E-state index contributed by atoms with van der Waals surface area (Å²) in [6.45, 7) is 4.86. The van der Waals surface area contributed by atoms with E-state index in [4.69, 9.17) is 0 Å². The predicted molar refractivity (Wildman–Crippen MR) is 71.4 cm³/mol. The highest BCUT2D eigenvalue weighted by Crippen LogP contribution is 2.43. The Labute approximate surface area is 101 Å². The van der Waals surface area contributed by atoms with Crippen LogP contribution in [0.2, 0.25) is 0 Å². The molecule has 0 aromatic rings. The molecule has 2 aliphatic carbocycles. The van der Waals surface area contributed by atoms with Crippen LogP contribution in [-0.4, -0.2) is 0 Å². The average Bonchev–Trinajstić information content (AvgIpc) is 2.51. The summed E-state index contributed by atoms with van der Waals surface area (Å²) in [6, 6.07) is 0. The molecule has 1 saturated carbocycles. The second kappa shape index (κ2) is 5.70. The zero-order valence-corrected chi connectivity index (χ0v) is 10.9. The standard InChI is InChI=1S/C16H26/c1-13-12-14(2)16-11-9-7-5-3-4-6-8-10-15(13)16/h6,8,10,13-14,16H,3-5,7,9,11-12H2,1-2H3. The Morgan fingerprint density at radius 1 is 1.06 bits per heavy atom. The summed E-state index contributed by atoms with van der Waals surface area (Å²) in [5, 5.41) is 0. The molecule has 0 nitrogen and oxygen atoms in total. The highest BCUT2D eigenvalue weighted by atomic mass is 14.4. The minimum absolute atomic E-state index is 0.824. The van der Waals surface area contributed by atoms with E-state index in [1.54, 1.807) is 5.57 Å². The summed E-state index contributed by atoms with van der Waals surface area (Å²) in [5.41, 5.74) is 1.74. The van der Waals surface area contributed by atoms with E-state index in [2.05, 4.69) is 32.1 Å². The lowest BCUT2D eigenvalue weighted by molar-refractivity contribution is 0.409. The molecule has 16 heavy (non-hydrogen) atoms. The van der Waals surface area contributed by atoms with Gasteiger partial charge in [0.25, 0.3) is 0 Å². The molecule has 0 heteroatoms. The summed E-state index contributed by atoms with van der Waals surface area (Å²) in [5.74, 6) is 2.62. The van der Waals surface area contributed by atoms with Gasteiger partial charge < -0.3 is 0 Å². The number of rotatable bonds is 0. The van der Waals surface area contributed by atoms with Crippen LogP contribution >= 0.6 is 0 Å². The maximum Gasteiger partial charge on any atom is -0.0171 e. The monoisotopic (exact) mass is 218 g/mol. The number of hydrogen-bond acceptors (Lipinski definition) is 0. The zero-order valence-electron chi connectivity index (χ0n) is 10.9. The van der Waals surface area contributed by atoms with E-state index in [0.29, 0.717) is 0 Å². The van der Waals surface area contributed by atoms with Gasteiger partial charge >= 0.3 is 0 Å². The Hall–Kier alpha value is -0.520. The summed E-state index contributed by atoms with van der Waals surface area (Å²) >= 11 is 0. The van der Waals surface area contributed by atoms with Gasteiger partial charge in [0.2, 0.25) is 0 Å². The summed E-state index contributed by atoms with van der Waals surface area (Å²) in [4.78, 5) is 0. The highest BCUT2D eigenvalue weighted by molar-refractivity contribution is 5.22. The van der Waals surface area contributed by atoms with Gasteiger partial charge in [0.1, 0.15) is 0 Å². The van der Waals surface area contributed by atoms with Crippen molar-refractivity contribution in [2.75, 3.05) is 0 Å². The molecule has 0 radical (unpaired) electrons. The van der Waals surface area contributed by atoms with Gasteiger partial charge in [0.05, 0.1) is 0 Å². The first-order chi connectivity index (χ1) is 7.79.